The van der Waals surface area contributed by atoms with E-state index in [1.54, 1.807) is 30.3 Å². The molecule has 1 saturated heterocycles. The van der Waals surface area contributed by atoms with Crippen LogP contribution in [0.25, 0.3) is 17.4 Å². The number of nitrogens with one attached hydrogen (secondary N) is 1. The lowest BCUT2D eigenvalue weighted by Gasteiger charge is -2.30. The fraction of sp³-hybridized carbons (Fsp3) is 0.0833. The SMILES string of the molecule is CCc1ccccc1N1C(=O)/C(=C/c2ccc(-c3ccc(C(=O)O)c(Cl)c3)o2)C(=O)NC1=S. The van der Waals surface area contributed by atoms with Gasteiger partial charge in [0.1, 0.15) is 17.1 Å². The van der Waals surface area contributed by atoms with Crippen LogP contribution in [-0.4, -0.2) is 28.0 Å². The summed E-state index contributed by atoms with van der Waals surface area (Å²) in [5.74, 6) is -1.66. The molecule has 2 N–H and O–H groups in total. The van der Waals surface area contributed by atoms with Crippen LogP contribution in [0.4, 0.5) is 5.69 Å². The number of hydrogen-bond acceptors (Lipinski definition) is 5. The summed E-state index contributed by atoms with van der Waals surface area (Å²) in [5.41, 5.74) is 1.91. The first-order chi connectivity index (χ1) is 15.8. The molecular weight excluding hydrogens is 464 g/mol. The predicted molar refractivity (Wildman–Crippen MR) is 128 cm³/mol. The molecule has 9 heteroatoms. The highest BCUT2D eigenvalue weighted by Gasteiger charge is 2.35. The zero-order chi connectivity index (χ0) is 23.7. The molecule has 0 radical (unpaired) electrons. The summed E-state index contributed by atoms with van der Waals surface area (Å²) in [6.07, 6.45) is 2.03. The van der Waals surface area contributed by atoms with E-state index in [1.807, 2.05) is 19.1 Å². The first kappa shape index (κ1) is 22.4. The fourth-order valence-corrected chi connectivity index (χ4v) is 4.01. The second-order valence-electron chi connectivity index (χ2n) is 7.14. The summed E-state index contributed by atoms with van der Waals surface area (Å²) in [6, 6.07) is 15.0. The van der Waals surface area contributed by atoms with Crippen LogP contribution in [0.5, 0.6) is 0 Å². The number of para-hydroxylation sites is 1. The molecule has 1 aromatic heterocycles. The molecule has 0 aliphatic carbocycles. The van der Waals surface area contributed by atoms with Gasteiger partial charge in [-0.15, -0.1) is 0 Å². The number of halogens is 1. The number of carbonyl (C=O) groups excluding carboxylic acids is 2. The van der Waals surface area contributed by atoms with Gasteiger partial charge in [0.15, 0.2) is 5.11 Å². The molecule has 0 saturated carbocycles. The summed E-state index contributed by atoms with van der Waals surface area (Å²) < 4.78 is 5.77. The van der Waals surface area contributed by atoms with Crippen molar-refractivity contribution >= 4 is 58.5 Å². The van der Waals surface area contributed by atoms with Gasteiger partial charge >= 0.3 is 5.97 Å². The number of thiocarbonyl (C=S) groups is 1. The standard InChI is InChI=1S/C24H17ClN2O5S/c1-2-13-5-3-4-6-19(13)27-22(29)17(21(28)26-24(27)33)12-15-8-10-20(32-15)14-7-9-16(23(30)31)18(25)11-14/h3-12H,2H2,1H3,(H,30,31)(H,26,28,33)/b17-12+. The Morgan fingerprint density at radius 3 is 2.64 bits per heavy atom. The molecule has 1 aliphatic rings. The highest BCUT2D eigenvalue weighted by molar-refractivity contribution is 7.80. The molecule has 0 spiro atoms. The molecule has 2 heterocycles. The number of hydrogen-bond donors (Lipinski definition) is 2. The number of carboxylic acid groups (broad SMARTS) is 1. The third kappa shape index (κ3) is 4.30. The van der Waals surface area contributed by atoms with Gasteiger partial charge in [0.25, 0.3) is 11.8 Å². The van der Waals surface area contributed by atoms with Crippen LogP contribution in [0.15, 0.2) is 64.6 Å². The Morgan fingerprint density at radius 1 is 1.18 bits per heavy atom. The van der Waals surface area contributed by atoms with Gasteiger partial charge in [0.05, 0.1) is 16.3 Å². The Balaban J connectivity index is 1.68. The van der Waals surface area contributed by atoms with Crippen molar-refractivity contribution in [2.45, 2.75) is 13.3 Å². The fourth-order valence-electron chi connectivity index (χ4n) is 3.47. The van der Waals surface area contributed by atoms with E-state index >= 15 is 0 Å². The molecular formula is C24H17ClN2O5S. The zero-order valence-corrected chi connectivity index (χ0v) is 18.9. The first-order valence-corrected chi connectivity index (χ1v) is 10.7. The predicted octanol–water partition coefficient (Wildman–Crippen LogP) is 4.69. The number of benzene rings is 2. The topological polar surface area (TPSA) is 99.8 Å². The summed E-state index contributed by atoms with van der Waals surface area (Å²) in [5, 5.41) is 11.8. The maximum absolute atomic E-state index is 13.2. The zero-order valence-electron chi connectivity index (χ0n) is 17.3. The number of carboxylic acids is 1. The molecule has 2 aromatic carbocycles. The van der Waals surface area contributed by atoms with E-state index < -0.39 is 17.8 Å². The first-order valence-electron chi connectivity index (χ1n) is 9.92. The van der Waals surface area contributed by atoms with E-state index in [1.165, 1.54) is 23.1 Å². The van der Waals surface area contributed by atoms with Gasteiger partial charge < -0.3 is 9.52 Å². The third-order valence-electron chi connectivity index (χ3n) is 5.11. The number of nitrogens with zero attached hydrogens (tertiary/aromatic N) is 1. The van der Waals surface area contributed by atoms with Crippen molar-refractivity contribution in [2.24, 2.45) is 0 Å². The van der Waals surface area contributed by atoms with Gasteiger partial charge in [-0.05, 0) is 60.6 Å². The lowest BCUT2D eigenvalue weighted by atomic mass is 10.1. The van der Waals surface area contributed by atoms with Crippen LogP contribution in [0.2, 0.25) is 5.02 Å². The number of carbonyl (C=O) groups is 3. The van der Waals surface area contributed by atoms with Crippen molar-refractivity contribution in [3.05, 3.63) is 82.1 Å². The maximum Gasteiger partial charge on any atom is 0.337 e. The normalized spacial score (nSPS) is 15.2. The van der Waals surface area contributed by atoms with Crippen LogP contribution < -0.4 is 10.2 Å². The quantitative estimate of drug-likeness (QED) is 0.312. The Kier molecular flexibility index (Phi) is 6.13. The van der Waals surface area contributed by atoms with Crippen molar-refractivity contribution in [1.29, 1.82) is 0 Å². The lowest BCUT2D eigenvalue weighted by Crippen LogP contribution is -2.54. The maximum atomic E-state index is 13.2. The van der Waals surface area contributed by atoms with Crippen molar-refractivity contribution in [3.8, 4) is 11.3 Å². The molecule has 2 amide bonds. The number of aromatic carboxylic acids is 1. The second kappa shape index (κ2) is 9.01. The average molecular weight is 481 g/mol. The van der Waals surface area contributed by atoms with Crippen LogP contribution in [-0.2, 0) is 16.0 Å². The smallest absolute Gasteiger partial charge is 0.337 e. The van der Waals surface area contributed by atoms with Crippen LogP contribution in [0.3, 0.4) is 0 Å². The van der Waals surface area contributed by atoms with E-state index in [0.717, 1.165) is 5.56 Å². The number of amides is 2. The average Bonchev–Trinajstić information content (AvgIpc) is 3.25. The monoisotopic (exact) mass is 480 g/mol. The molecule has 3 aromatic rings. The summed E-state index contributed by atoms with van der Waals surface area (Å²) in [4.78, 5) is 38.2. The van der Waals surface area contributed by atoms with E-state index in [-0.39, 0.29) is 27.0 Å². The highest BCUT2D eigenvalue weighted by atomic mass is 35.5. The van der Waals surface area contributed by atoms with Gasteiger partial charge in [-0.1, -0.05) is 42.8 Å². The van der Waals surface area contributed by atoms with Gasteiger partial charge in [-0.2, -0.15) is 0 Å². The molecule has 1 aliphatic heterocycles. The minimum atomic E-state index is -1.13. The molecule has 7 nitrogen and oxygen atoms in total. The minimum Gasteiger partial charge on any atom is -0.478 e. The van der Waals surface area contributed by atoms with E-state index in [4.69, 9.17) is 33.3 Å². The van der Waals surface area contributed by atoms with E-state index in [2.05, 4.69) is 5.32 Å². The number of anilines is 1. The molecule has 0 bridgehead atoms. The van der Waals surface area contributed by atoms with Crippen LogP contribution in [0.1, 0.15) is 28.6 Å². The summed E-state index contributed by atoms with van der Waals surface area (Å²) in [6.45, 7) is 1.96. The molecule has 33 heavy (non-hydrogen) atoms. The number of furan rings is 1. The van der Waals surface area contributed by atoms with Gasteiger partial charge in [0, 0.05) is 5.56 Å². The van der Waals surface area contributed by atoms with Crippen LogP contribution >= 0.6 is 23.8 Å². The molecule has 4 rings (SSSR count). The Hall–Kier alpha value is -3.75. The lowest BCUT2D eigenvalue weighted by molar-refractivity contribution is -0.122. The molecule has 0 atom stereocenters. The largest absolute Gasteiger partial charge is 0.478 e. The summed E-state index contributed by atoms with van der Waals surface area (Å²) >= 11 is 11.3. The third-order valence-corrected chi connectivity index (χ3v) is 5.71. The van der Waals surface area contributed by atoms with E-state index in [0.29, 0.717) is 23.4 Å². The molecule has 1 fully saturated rings. The van der Waals surface area contributed by atoms with Gasteiger partial charge in [-0.25, -0.2) is 4.79 Å². The van der Waals surface area contributed by atoms with Crippen molar-refractivity contribution in [1.82, 2.24) is 5.32 Å². The van der Waals surface area contributed by atoms with E-state index in [9.17, 15) is 14.4 Å². The van der Waals surface area contributed by atoms with Crippen molar-refractivity contribution in [2.75, 3.05) is 4.90 Å². The summed E-state index contributed by atoms with van der Waals surface area (Å²) in [7, 11) is 0. The molecule has 0 unspecified atom stereocenters. The van der Waals surface area contributed by atoms with Crippen LogP contribution in [0, 0.1) is 0 Å². The van der Waals surface area contributed by atoms with Crippen molar-refractivity contribution < 1.29 is 23.9 Å². The van der Waals surface area contributed by atoms with Gasteiger partial charge in [0.2, 0.25) is 0 Å². The minimum absolute atomic E-state index is 0.0105. The Labute approximate surface area is 199 Å². The van der Waals surface area contributed by atoms with Gasteiger partial charge in [-0.3, -0.25) is 19.8 Å². The Bertz CT molecular complexity index is 1340. The van der Waals surface area contributed by atoms with Crippen molar-refractivity contribution in [3.63, 3.8) is 0 Å². The number of aryl methyl sites for hydroxylation is 1. The second-order valence-corrected chi connectivity index (χ2v) is 7.94. The number of rotatable bonds is 5. The Morgan fingerprint density at radius 2 is 1.94 bits per heavy atom. The molecule has 166 valence electrons. The highest BCUT2D eigenvalue weighted by Crippen LogP contribution is 2.29.